The van der Waals surface area contributed by atoms with Crippen molar-refractivity contribution in [3.8, 4) is 0 Å². The minimum absolute atomic E-state index is 0.121. The summed E-state index contributed by atoms with van der Waals surface area (Å²) >= 11 is 1.37. The summed E-state index contributed by atoms with van der Waals surface area (Å²) in [5.41, 5.74) is 0.682. The zero-order valence-corrected chi connectivity index (χ0v) is 11.8. The van der Waals surface area contributed by atoms with E-state index in [1.165, 1.54) is 11.5 Å². The minimum Gasteiger partial charge on any atom is -0.377 e. The van der Waals surface area contributed by atoms with Gasteiger partial charge in [-0.3, -0.25) is 9.69 Å². The summed E-state index contributed by atoms with van der Waals surface area (Å²) in [6.07, 6.45) is 0.888. The molecule has 1 unspecified atom stereocenters. The second-order valence-electron chi connectivity index (χ2n) is 4.90. The van der Waals surface area contributed by atoms with Crippen LogP contribution in [-0.2, 0) is 11.3 Å². The number of hydrogen-bond acceptors (Lipinski definition) is 6. The number of likely N-dealkylation sites (tertiary alicyclic amines) is 1. The maximum Gasteiger partial charge on any atom is 0.227 e. The van der Waals surface area contributed by atoms with E-state index in [1.807, 2.05) is 14.0 Å². The Bertz CT molecular complexity index is 435. The number of carbonyl (C=O) groups excluding carboxylic acids is 1. The van der Waals surface area contributed by atoms with Crippen LogP contribution in [0.1, 0.15) is 19.0 Å². The molecule has 1 amide bonds. The topological polar surface area (TPSA) is 70.2 Å². The van der Waals surface area contributed by atoms with Gasteiger partial charge in [0.15, 0.2) is 0 Å². The van der Waals surface area contributed by atoms with Gasteiger partial charge >= 0.3 is 0 Å². The van der Waals surface area contributed by atoms with Crippen LogP contribution in [0.15, 0.2) is 0 Å². The predicted molar refractivity (Wildman–Crippen MR) is 71.5 cm³/mol. The lowest BCUT2D eigenvalue weighted by Crippen LogP contribution is -2.39. The van der Waals surface area contributed by atoms with E-state index in [9.17, 15) is 4.79 Å². The first-order valence-electron chi connectivity index (χ1n) is 6.02. The molecule has 0 aliphatic carbocycles. The number of carbonyl (C=O) groups is 1. The van der Waals surface area contributed by atoms with Crippen LogP contribution in [0.4, 0.5) is 5.00 Å². The maximum atomic E-state index is 11.8. The van der Waals surface area contributed by atoms with E-state index in [0.29, 0.717) is 0 Å². The van der Waals surface area contributed by atoms with Crippen molar-refractivity contribution in [2.75, 3.05) is 32.5 Å². The number of aromatic nitrogens is 2. The molecule has 1 saturated heterocycles. The Morgan fingerprint density at radius 1 is 1.56 bits per heavy atom. The average Bonchev–Trinajstić information content (AvgIpc) is 2.96. The second kappa shape index (κ2) is 5.19. The summed E-state index contributed by atoms with van der Waals surface area (Å²) in [6, 6.07) is 0. The van der Waals surface area contributed by atoms with Crippen molar-refractivity contribution in [3.63, 3.8) is 0 Å². The number of amides is 1. The quantitative estimate of drug-likeness (QED) is 0.835. The molecular formula is C11H19N5OS. The molecule has 1 atom stereocenters. The van der Waals surface area contributed by atoms with Crippen LogP contribution in [0.25, 0.3) is 0 Å². The van der Waals surface area contributed by atoms with E-state index >= 15 is 0 Å². The van der Waals surface area contributed by atoms with E-state index in [4.69, 9.17) is 0 Å². The Morgan fingerprint density at radius 3 is 3.00 bits per heavy atom. The highest BCUT2D eigenvalue weighted by molar-refractivity contribution is 7.10. The first-order chi connectivity index (χ1) is 8.59. The van der Waals surface area contributed by atoms with Crippen molar-refractivity contribution in [2.24, 2.45) is 5.41 Å². The van der Waals surface area contributed by atoms with Gasteiger partial charge in [-0.1, -0.05) is 4.49 Å². The molecule has 1 aliphatic rings. The molecule has 0 radical (unpaired) electrons. The fraction of sp³-hybridized carbons (Fsp3) is 0.727. The largest absolute Gasteiger partial charge is 0.377 e. The molecule has 100 valence electrons. The third kappa shape index (κ3) is 2.46. The van der Waals surface area contributed by atoms with E-state index in [0.717, 1.165) is 36.8 Å². The van der Waals surface area contributed by atoms with Crippen molar-refractivity contribution < 1.29 is 4.79 Å². The van der Waals surface area contributed by atoms with E-state index in [2.05, 4.69) is 25.1 Å². The van der Waals surface area contributed by atoms with Crippen molar-refractivity contribution in [1.29, 1.82) is 0 Å². The number of hydrogen-bond donors (Lipinski definition) is 2. The monoisotopic (exact) mass is 269 g/mol. The van der Waals surface area contributed by atoms with E-state index in [-0.39, 0.29) is 11.3 Å². The minimum atomic E-state index is -0.280. The Kier molecular flexibility index (Phi) is 3.82. The molecule has 1 aromatic rings. The van der Waals surface area contributed by atoms with Crippen LogP contribution in [0, 0.1) is 5.41 Å². The third-order valence-corrected chi connectivity index (χ3v) is 4.27. The molecule has 0 aromatic carbocycles. The molecule has 0 saturated carbocycles. The van der Waals surface area contributed by atoms with Gasteiger partial charge < -0.3 is 10.6 Å². The average molecular weight is 269 g/mol. The van der Waals surface area contributed by atoms with Crippen LogP contribution in [0.2, 0.25) is 0 Å². The Morgan fingerprint density at radius 2 is 2.33 bits per heavy atom. The van der Waals surface area contributed by atoms with Crippen molar-refractivity contribution in [1.82, 2.24) is 19.8 Å². The first-order valence-corrected chi connectivity index (χ1v) is 6.80. The molecule has 1 fully saturated rings. The number of rotatable bonds is 4. The van der Waals surface area contributed by atoms with Gasteiger partial charge in [0.25, 0.3) is 0 Å². The predicted octanol–water partition coefficient (Wildman–Crippen LogP) is 0.538. The number of anilines is 1. The molecule has 6 nitrogen and oxygen atoms in total. The van der Waals surface area contributed by atoms with Gasteiger partial charge in [-0.05, 0) is 19.9 Å². The highest BCUT2D eigenvalue weighted by Gasteiger charge is 2.39. The van der Waals surface area contributed by atoms with Gasteiger partial charge in [0, 0.05) is 38.7 Å². The fourth-order valence-electron chi connectivity index (χ4n) is 2.39. The molecule has 0 spiro atoms. The summed E-state index contributed by atoms with van der Waals surface area (Å²) in [5.74, 6) is 0.121. The zero-order chi connectivity index (χ0) is 13.2. The fourth-order valence-corrected chi connectivity index (χ4v) is 2.92. The summed E-state index contributed by atoms with van der Waals surface area (Å²) in [7, 11) is 3.57. The Balaban J connectivity index is 2.00. The number of nitrogens with one attached hydrogen (secondary N) is 2. The van der Waals surface area contributed by atoms with E-state index in [1.54, 1.807) is 7.05 Å². The molecule has 1 aliphatic heterocycles. The third-order valence-electron chi connectivity index (χ3n) is 3.48. The second-order valence-corrected chi connectivity index (χ2v) is 5.65. The molecule has 2 N–H and O–H groups in total. The Hall–Kier alpha value is -1.21. The smallest absolute Gasteiger partial charge is 0.227 e. The van der Waals surface area contributed by atoms with Gasteiger partial charge in [-0.15, -0.1) is 5.10 Å². The van der Waals surface area contributed by atoms with Gasteiger partial charge in [-0.2, -0.15) is 0 Å². The maximum absolute atomic E-state index is 11.8. The lowest BCUT2D eigenvalue weighted by molar-refractivity contribution is -0.129. The van der Waals surface area contributed by atoms with Crippen molar-refractivity contribution >= 4 is 22.4 Å². The summed E-state index contributed by atoms with van der Waals surface area (Å²) in [6.45, 7) is 4.46. The van der Waals surface area contributed by atoms with Gasteiger partial charge in [0.05, 0.1) is 5.41 Å². The van der Waals surface area contributed by atoms with Crippen LogP contribution < -0.4 is 10.6 Å². The SMILES string of the molecule is CNC(=O)C1(C)CCN(Cc2nnsc2NC)C1. The first kappa shape index (κ1) is 13.2. The lowest BCUT2D eigenvalue weighted by Gasteiger charge is -2.22. The highest BCUT2D eigenvalue weighted by atomic mass is 32.1. The van der Waals surface area contributed by atoms with Crippen molar-refractivity contribution in [3.05, 3.63) is 5.69 Å². The van der Waals surface area contributed by atoms with Crippen LogP contribution in [0.3, 0.4) is 0 Å². The van der Waals surface area contributed by atoms with E-state index < -0.39 is 0 Å². The molecule has 1 aromatic heterocycles. The standard InChI is InChI=1S/C11H19N5OS/c1-11(10(17)13-3)4-5-16(7-11)6-8-9(12-2)18-15-14-8/h12H,4-7H2,1-3H3,(H,13,17). The van der Waals surface area contributed by atoms with Gasteiger partial charge in [-0.25, -0.2) is 0 Å². The van der Waals surface area contributed by atoms with Gasteiger partial charge in [0.1, 0.15) is 10.7 Å². The summed E-state index contributed by atoms with van der Waals surface area (Å²) < 4.78 is 3.95. The Labute approximate surface area is 111 Å². The molecule has 2 rings (SSSR count). The molecular weight excluding hydrogens is 250 g/mol. The molecule has 7 heteroatoms. The lowest BCUT2D eigenvalue weighted by atomic mass is 9.89. The normalized spacial score (nSPS) is 24.2. The van der Waals surface area contributed by atoms with Gasteiger partial charge in [0.2, 0.25) is 5.91 Å². The van der Waals surface area contributed by atoms with Crippen LogP contribution in [-0.4, -0.2) is 47.6 Å². The molecule has 2 heterocycles. The zero-order valence-electron chi connectivity index (χ0n) is 11.0. The summed E-state index contributed by atoms with van der Waals surface area (Å²) in [5, 5.41) is 11.0. The molecule has 0 bridgehead atoms. The number of nitrogens with zero attached hydrogens (tertiary/aromatic N) is 3. The summed E-state index contributed by atoms with van der Waals surface area (Å²) in [4.78, 5) is 14.1. The molecule has 18 heavy (non-hydrogen) atoms. The van der Waals surface area contributed by atoms with Crippen molar-refractivity contribution in [2.45, 2.75) is 19.9 Å². The van der Waals surface area contributed by atoms with Crippen LogP contribution >= 0.6 is 11.5 Å². The highest BCUT2D eigenvalue weighted by Crippen LogP contribution is 2.31. The van der Waals surface area contributed by atoms with Crippen LogP contribution in [0.5, 0.6) is 0 Å².